The maximum Gasteiger partial charge on any atom is 0.307 e. The molecule has 2 rings (SSSR count). The molecule has 0 aromatic rings. The quantitative estimate of drug-likeness (QED) is 0.724. The lowest BCUT2D eigenvalue weighted by molar-refractivity contribution is -0.147. The average Bonchev–Trinajstić information content (AvgIpc) is 2.84. The number of hydrogen-bond acceptors (Lipinski definition) is 2. The summed E-state index contributed by atoms with van der Waals surface area (Å²) < 4.78 is 0. The van der Waals surface area contributed by atoms with E-state index in [1.54, 1.807) is 0 Å². The molecule has 1 fully saturated rings. The Morgan fingerprint density at radius 1 is 1.29 bits per heavy atom. The largest absolute Gasteiger partial charge is 0.481 e. The van der Waals surface area contributed by atoms with Gasteiger partial charge in [0.15, 0.2) is 0 Å². The Bertz CT molecular complexity index is 362. The molecule has 0 aromatic carbocycles. The monoisotopic (exact) mass is 237 g/mol. The first-order valence-corrected chi connectivity index (χ1v) is 6.19. The lowest BCUT2D eigenvalue weighted by Gasteiger charge is -2.24. The van der Waals surface area contributed by atoms with Crippen molar-refractivity contribution < 1.29 is 14.7 Å². The van der Waals surface area contributed by atoms with Crippen molar-refractivity contribution in [3.63, 3.8) is 0 Å². The van der Waals surface area contributed by atoms with Gasteiger partial charge in [0.05, 0.1) is 11.8 Å². The molecular formula is C13H19NO3. The Balaban J connectivity index is 2.06. The van der Waals surface area contributed by atoms with Crippen LogP contribution in [0.15, 0.2) is 12.2 Å². The highest BCUT2D eigenvalue weighted by atomic mass is 16.4. The molecule has 4 atom stereocenters. The molecule has 2 bridgehead atoms. The van der Waals surface area contributed by atoms with E-state index in [0.29, 0.717) is 12.5 Å². The highest BCUT2D eigenvalue weighted by molar-refractivity contribution is 5.86. The zero-order chi connectivity index (χ0) is 12.6. The Labute approximate surface area is 101 Å². The zero-order valence-electron chi connectivity index (χ0n) is 10.2. The predicted octanol–water partition coefficient (Wildman–Crippen LogP) is 1.28. The molecule has 0 heterocycles. The van der Waals surface area contributed by atoms with Crippen LogP contribution in [-0.2, 0) is 9.59 Å². The van der Waals surface area contributed by atoms with Crippen LogP contribution >= 0.6 is 0 Å². The summed E-state index contributed by atoms with van der Waals surface area (Å²) >= 11 is 0. The summed E-state index contributed by atoms with van der Waals surface area (Å²) in [4.78, 5) is 23.3. The summed E-state index contributed by atoms with van der Waals surface area (Å²) in [5, 5.41) is 12.1. The number of carboxylic acid groups (broad SMARTS) is 1. The third kappa shape index (κ3) is 2.21. The van der Waals surface area contributed by atoms with Crippen molar-refractivity contribution in [3.05, 3.63) is 12.2 Å². The smallest absolute Gasteiger partial charge is 0.307 e. The number of nitrogens with one attached hydrogen (secondary N) is 1. The van der Waals surface area contributed by atoms with Gasteiger partial charge in [-0.3, -0.25) is 9.59 Å². The molecule has 1 saturated carbocycles. The van der Waals surface area contributed by atoms with Crippen LogP contribution in [0.2, 0.25) is 0 Å². The molecule has 94 valence electrons. The third-order valence-electron chi connectivity index (χ3n) is 3.73. The molecule has 0 saturated heterocycles. The molecule has 0 aromatic heterocycles. The van der Waals surface area contributed by atoms with Crippen molar-refractivity contribution in [1.29, 1.82) is 0 Å². The van der Waals surface area contributed by atoms with E-state index < -0.39 is 11.9 Å². The number of carbonyl (C=O) groups is 2. The number of amides is 1. The second-order valence-electron chi connectivity index (χ2n) is 5.48. The molecule has 1 amide bonds. The first-order chi connectivity index (χ1) is 8.00. The summed E-state index contributed by atoms with van der Waals surface area (Å²) in [7, 11) is 0. The summed E-state index contributed by atoms with van der Waals surface area (Å²) in [5.41, 5.74) is 0. The third-order valence-corrected chi connectivity index (χ3v) is 3.73. The van der Waals surface area contributed by atoms with Crippen LogP contribution in [0.25, 0.3) is 0 Å². The minimum atomic E-state index is -0.841. The van der Waals surface area contributed by atoms with Crippen molar-refractivity contribution >= 4 is 11.9 Å². The molecule has 2 aliphatic carbocycles. The number of carbonyl (C=O) groups excluding carboxylic acids is 1. The summed E-state index contributed by atoms with van der Waals surface area (Å²) in [6.07, 6.45) is 4.77. The number of fused-ring (bicyclic) bond motifs is 2. The van der Waals surface area contributed by atoms with Gasteiger partial charge >= 0.3 is 5.97 Å². The molecule has 4 heteroatoms. The fraction of sp³-hybridized carbons (Fsp3) is 0.692. The van der Waals surface area contributed by atoms with E-state index >= 15 is 0 Å². The van der Waals surface area contributed by atoms with Crippen LogP contribution in [0.1, 0.15) is 20.3 Å². The van der Waals surface area contributed by atoms with Crippen molar-refractivity contribution in [1.82, 2.24) is 5.32 Å². The highest BCUT2D eigenvalue weighted by Crippen LogP contribution is 2.48. The van der Waals surface area contributed by atoms with Crippen molar-refractivity contribution in [2.24, 2.45) is 29.6 Å². The van der Waals surface area contributed by atoms with Gasteiger partial charge in [-0.1, -0.05) is 26.0 Å². The standard InChI is InChI=1S/C13H19NO3/c1-7(2)6-14-12(15)10-8-3-4-9(5-8)11(10)13(16)17/h3-4,7-11H,5-6H2,1-2H3,(H,14,15)(H,16,17)/t8-,9+,10+,11-/m0/s1. The van der Waals surface area contributed by atoms with E-state index in [9.17, 15) is 14.7 Å². The number of aliphatic carboxylic acids is 1. The lowest BCUT2D eigenvalue weighted by atomic mass is 9.82. The first-order valence-electron chi connectivity index (χ1n) is 6.19. The summed E-state index contributed by atoms with van der Waals surface area (Å²) in [6.45, 7) is 4.66. The Hall–Kier alpha value is -1.32. The second-order valence-corrected chi connectivity index (χ2v) is 5.48. The number of carboxylic acids is 1. The van der Waals surface area contributed by atoms with Gasteiger partial charge in [-0.25, -0.2) is 0 Å². The molecule has 4 nitrogen and oxygen atoms in total. The van der Waals surface area contributed by atoms with Gasteiger partial charge < -0.3 is 10.4 Å². The topological polar surface area (TPSA) is 66.4 Å². The van der Waals surface area contributed by atoms with Gasteiger partial charge in [0.2, 0.25) is 5.91 Å². The molecular weight excluding hydrogens is 218 g/mol. The first kappa shape index (κ1) is 12.1. The van der Waals surface area contributed by atoms with Crippen LogP contribution < -0.4 is 5.32 Å². The van der Waals surface area contributed by atoms with E-state index in [0.717, 1.165) is 6.42 Å². The number of rotatable bonds is 4. The normalized spacial score (nSPS) is 34.3. The lowest BCUT2D eigenvalue weighted by Crippen LogP contribution is -2.41. The second kappa shape index (κ2) is 4.51. The minimum Gasteiger partial charge on any atom is -0.481 e. The summed E-state index contributed by atoms with van der Waals surface area (Å²) in [6, 6.07) is 0. The van der Waals surface area contributed by atoms with E-state index in [4.69, 9.17) is 0 Å². The van der Waals surface area contributed by atoms with E-state index in [1.165, 1.54) is 0 Å². The van der Waals surface area contributed by atoms with Crippen LogP contribution in [0.3, 0.4) is 0 Å². The van der Waals surface area contributed by atoms with Crippen LogP contribution in [0.4, 0.5) is 0 Å². The number of hydrogen-bond donors (Lipinski definition) is 2. The van der Waals surface area contributed by atoms with Crippen molar-refractivity contribution in [2.45, 2.75) is 20.3 Å². The Kier molecular flexibility index (Phi) is 3.22. The maximum absolute atomic E-state index is 12.0. The van der Waals surface area contributed by atoms with Gasteiger partial charge in [0.25, 0.3) is 0 Å². The number of allylic oxidation sites excluding steroid dienone is 2. The van der Waals surface area contributed by atoms with Gasteiger partial charge in [-0.05, 0) is 24.2 Å². The van der Waals surface area contributed by atoms with Gasteiger partial charge in [0, 0.05) is 6.54 Å². The molecule has 0 unspecified atom stereocenters. The molecule has 0 aliphatic heterocycles. The van der Waals surface area contributed by atoms with Crippen LogP contribution in [-0.4, -0.2) is 23.5 Å². The fourth-order valence-corrected chi connectivity index (χ4v) is 2.94. The molecule has 0 radical (unpaired) electrons. The fourth-order valence-electron chi connectivity index (χ4n) is 2.94. The van der Waals surface area contributed by atoms with Gasteiger partial charge in [0.1, 0.15) is 0 Å². The zero-order valence-corrected chi connectivity index (χ0v) is 10.2. The predicted molar refractivity (Wildman–Crippen MR) is 63.2 cm³/mol. The maximum atomic E-state index is 12.0. The molecule has 0 spiro atoms. The van der Waals surface area contributed by atoms with Crippen molar-refractivity contribution in [2.75, 3.05) is 6.54 Å². The van der Waals surface area contributed by atoms with Gasteiger partial charge in [-0.15, -0.1) is 0 Å². The Morgan fingerprint density at radius 2 is 1.88 bits per heavy atom. The van der Waals surface area contributed by atoms with E-state index in [1.807, 2.05) is 26.0 Å². The SMILES string of the molecule is CC(C)CNC(=O)[C@H]1[C@@H](C(=O)O)[C@@H]2C=C[C@H]1C2. The minimum absolute atomic E-state index is 0.0484. The van der Waals surface area contributed by atoms with Crippen molar-refractivity contribution in [3.8, 4) is 0 Å². The van der Waals surface area contributed by atoms with Gasteiger partial charge in [-0.2, -0.15) is 0 Å². The highest BCUT2D eigenvalue weighted by Gasteiger charge is 2.51. The van der Waals surface area contributed by atoms with Crippen LogP contribution in [0, 0.1) is 29.6 Å². The van der Waals surface area contributed by atoms with E-state index in [2.05, 4.69) is 5.32 Å². The van der Waals surface area contributed by atoms with E-state index in [-0.39, 0.29) is 23.7 Å². The molecule has 2 aliphatic rings. The van der Waals surface area contributed by atoms with Crippen LogP contribution in [0.5, 0.6) is 0 Å². The average molecular weight is 237 g/mol. The Morgan fingerprint density at radius 3 is 2.41 bits per heavy atom. The molecule has 2 N–H and O–H groups in total. The molecule has 17 heavy (non-hydrogen) atoms. The summed E-state index contributed by atoms with van der Waals surface area (Å²) in [5.74, 6) is -1.29.